The Labute approximate surface area is 99.1 Å². The molecule has 0 unspecified atom stereocenters. The first-order valence-corrected chi connectivity index (χ1v) is 5.82. The van der Waals surface area contributed by atoms with Gasteiger partial charge in [0.1, 0.15) is 5.75 Å². The molecule has 1 aliphatic heterocycles. The van der Waals surface area contributed by atoms with Gasteiger partial charge in [-0.15, -0.1) is 0 Å². The number of hydrogen-bond donors (Lipinski definition) is 0. The fraction of sp³-hybridized carbons (Fsp3) is 0.133. The van der Waals surface area contributed by atoms with E-state index in [4.69, 9.17) is 4.74 Å². The van der Waals surface area contributed by atoms with Gasteiger partial charge in [-0.05, 0) is 30.0 Å². The third kappa shape index (κ3) is 1.07. The maximum absolute atomic E-state index is 5.88. The second-order valence-electron chi connectivity index (χ2n) is 4.56. The number of hydrogen-bond acceptors (Lipinski definition) is 1. The van der Waals surface area contributed by atoms with Crippen molar-refractivity contribution in [3.8, 4) is 5.75 Å². The minimum atomic E-state index is 0.605. The molecule has 0 atom stereocenters. The van der Waals surface area contributed by atoms with Gasteiger partial charge in [-0.2, -0.15) is 4.57 Å². The van der Waals surface area contributed by atoms with E-state index in [-0.39, 0.29) is 0 Å². The first kappa shape index (κ1) is 8.99. The van der Waals surface area contributed by atoms with Gasteiger partial charge in [0.15, 0.2) is 6.20 Å². The molecule has 3 aromatic rings. The molecule has 1 aliphatic rings. The Morgan fingerprint density at radius 1 is 1.06 bits per heavy atom. The summed E-state index contributed by atoms with van der Waals surface area (Å²) in [6.45, 7) is 2.71. The van der Waals surface area contributed by atoms with E-state index >= 15 is 0 Å². The van der Waals surface area contributed by atoms with Crippen molar-refractivity contribution < 1.29 is 9.30 Å². The van der Waals surface area contributed by atoms with Crippen molar-refractivity contribution in [2.75, 3.05) is 0 Å². The van der Waals surface area contributed by atoms with Crippen LogP contribution in [0.5, 0.6) is 5.75 Å². The molecule has 17 heavy (non-hydrogen) atoms. The monoisotopic (exact) mass is 222 g/mol. The van der Waals surface area contributed by atoms with Crippen LogP contribution in [0.4, 0.5) is 0 Å². The summed E-state index contributed by atoms with van der Waals surface area (Å²) in [5, 5.41) is 3.77. The molecule has 2 nitrogen and oxygen atoms in total. The van der Waals surface area contributed by atoms with Crippen molar-refractivity contribution in [3.63, 3.8) is 0 Å². The van der Waals surface area contributed by atoms with E-state index < -0.39 is 0 Å². The van der Waals surface area contributed by atoms with Gasteiger partial charge < -0.3 is 4.74 Å². The largest absolute Gasteiger partial charge is 0.435 e. The van der Waals surface area contributed by atoms with E-state index in [1.165, 1.54) is 27.2 Å². The van der Waals surface area contributed by atoms with Crippen molar-refractivity contribution in [3.05, 3.63) is 48.2 Å². The first-order chi connectivity index (χ1) is 8.34. The number of nitrogens with zero attached hydrogens (tertiary/aromatic N) is 1. The van der Waals surface area contributed by atoms with Crippen molar-refractivity contribution in [2.24, 2.45) is 0 Å². The quantitative estimate of drug-likeness (QED) is 0.421. The Hall–Kier alpha value is -2.09. The molecule has 2 aromatic carbocycles. The fourth-order valence-corrected chi connectivity index (χ4v) is 2.68. The Bertz CT molecular complexity index is 762. The SMILES string of the molecule is Cc1ccc2ccc3ccc[n+]4c3c2c1OC4. The molecular weight excluding hydrogens is 210 g/mol. The summed E-state index contributed by atoms with van der Waals surface area (Å²) in [5.41, 5.74) is 2.50. The van der Waals surface area contributed by atoms with E-state index in [1.54, 1.807) is 0 Å². The van der Waals surface area contributed by atoms with Gasteiger partial charge in [0.25, 0.3) is 6.73 Å². The van der Waals surface area contributed by atoms with Crippen LogP contribution in [0.1, 0.15) is 5.56 Å². The topological polar surface area (TPSA) is 13.1 Å². The molecule has 82 valence electrons. The van der Waals surface area contributed by atoms with Crippen LogP contribution in [0.15, 0.2) is 42.6 Å². The Morgan fingerprint density at radius 2 is 1.88 bits per heavy atom. The van der Waals surface area contributed by atoms with Crippen LogP contribution >= 0.6 is 0 Å². The Morgan fingerprint density at radius 3 is 2.82 bits per heavy atom. The third-order valence-corrected chi connectivity index (χ3v) is 3.52. The van der Waals surface area contributed by atoms with E-state index in [2.05, 4.69) is 54.1 Å². The van der Waals surface area contributed by atoms with Gasteiger partial charge >= 0.3 is 0 Å². The standard InChI is InChI=1S/C15H12NO/c1-10-4-5-11-6-7-12-3-2-8-16-9-17-15(10)13(11)14(12)16/h2-8H,9H2,1H3/q+1. The average molecular weight is 222 g/mol. The minimum Gasteiger partial charge on any atom is -0.435 e. The predicted molar refractivity (Wildman–Crippen MR) is 67.0 cm³/mol. The third-order valence-electron chi connectivity index (χ3n) is 3.52. The van der Waals surface area contributed by atoms with Crippen molar-refractivity contribution in [2.45, 2.75) is 13.7 Å². The number of benzene rings is 2. The van der Waals surface area contributed by atoms with Crippen LogP contribution in [0.2, 0.25) is 0 Å². The zero-order valence-electron chi connectivity index (χ0n) is 9.60. The van der Waals surface area contributed by atoms with Crippen molar-refractivity contribution in [1.82, 2.24) is 0 Å². The summed E-state index contributed by atoms with van der Waals surface area (Å²) in [6, 6.07) is 12.9. The summed E-state index contributed by atoms with van der Waals surface area (Å²) in [7, 11) is 0. The molecule has 0 fully saturated rings. The normalized spacial score (nSPS) is 13.2. The van der Waals surface area contributed by atoms with Crippen molar-refractivity contribution >= 4 is 21.7 Å². The molecular formula is C15H12NO+. The highest BCUT2D eigenvalue weighted by molar-refractivity contribution is 6.07. The van der Waals surface area contributed by atoms with Gasteiger partial charge in [0, 0.05) is 11.5 Å². The van der Waals surface area contributed by atoms with Crippen LogP contribution in [0, 0.1) is 6.92 Å². The predicted octanol–water partition coefficient (Wildman–Crippen LogP) is 2.94. The highest BCUT2D eigenvalue weighted by atomic mass is 16.5. The average Bonchev–Trinajstić information content (AvgIpc) is 2.38. The van der Waals surface area contributed by atoms with Gasteiger partial charge in [-0.25, -0.2) is 0 Å². The van der Waals surface area contributed by atoms with E-state index in [1.807, 2.05) is 0 Å². The Kier molecular flexibility index (Phi) is 1.57. The van der Waals surface area contributed by atoms with Gasteiger partial charge in [0.05, 0.1) is 5.39 Å². The van der Waals surface area contributed by atoms with Gasteiger partial charge in [0.2, 0.25) is 5.52 Å². The minimum absolute atomic E-state index is 0.605. The van der Waals surface area contributed by atoms with Crippen LogP contribution in [0.3, 0.4) is 0 Å². The molecule has 2 heterocycles. The second kappa shape index (κ2) is 2.98. The van der Waals surface area contributed by atoms with Crippen LogP contribution in [-0.4, -0.2) is 0 Å². The van der Waals surface area contributed by atoms with Crippen LogP contribution in [0.25, 0.3) is 21.7 Å². The summed E-state index contributed by atoms with van der Waals surface area (Å²) in [5.74, 6) is 1.04. The maximum atomic E-state index is 5.88. The van der Waals surface area contributed by atoms with Gasteiger partial charge in [-0.1, -0.05) is 18.2 Å². The number of pyridine rings is 1. The first-order valence-electron chi connectivity index (χ1n) is 5.82. The summed E-state index contributed by atoms with van der Waals surface area (Å²) in [6.07, 6.45) is 2.08. The molecule has 0 spiro atoms. The lowest BCUT2D eigenvalue weighted by Crippen LogP contribution is -2.39. The molecule has 4 rings (SSSR count). The molecule has 0 radical (unpaired) electrons. The lowest BCUT2D eigenvalue weighted by Gasteiger charge is -2.16. The highest BCUT2D eigenvalue weighted by Crippen LogP contribution is 2.35. The molecule has 0 amide bonds. The molecule has 2 heteroatoms. The number of aromatic nitrogens is 1. The fourth-order valence-electron chi connectivity index (χ4n) is 2.68. The highest BCUT2D eigenvalue weighted by Gasteiger charge is 2.22. The van der Waals surface area contributed by atoms with E-state index in [0.717, 1.165) is 5.75 Å². The lowest BCUT2D eigenvalue weighted by atomic mass is 10.0. The number of aryl methyl sites for hydroxylation is 1. The summed E-state index contributed by atoms with van der Waals surface area (Å²) >= 11 is 0. The zero-order chi connectivity index (χ0) is 11.4. The maximum Gasteiger partial charge on any atom is 0.292 e. The number of rotatable bonds is 0. The van der Waals surface area contributed by atoms with Gasteiger partial charge in [-0.3, -0.25) is 0 Å². The Balaban J connectivity index is 2.39. The molecule has 0 bridgehead atoms. The second-order valence-corrected chi connectivity index (χ2v) is 4.56. The van der Waals surface area contributed by atoms with Crippen molar-refractivity contribution in [1.29, 1.82) is 0 Å². The number of ether oxygens (including phenoxy) is 1. The lowest BCUT2D eigenvalue weighted by molar-refractivity contribution is -0.701. The summed E-state index contributed by atoms with van der Waals surface area (Å²) < 4.78 is 8.05. The van der Waals surface area contributed by atoms with Crippen LogP contribution in [-0.2, 0) is 6.73 Å². The van der Waals surface area contributed by atoms with E-state index in [9.17, 15) is 0 Å². The summed E-state index contributed by atoms with van der Waals surface area (Å²) in [4.78, 5) is 0. The molecule has 1 aromatic heterocycles. The molecule has 0 saturated carbocycles. The smallest absolute Gasteiger partial charge is 0.292 e. The molecule has 0 aliphatic carbocycles. The zero-order valence-corrected chi connectivity index (χ0v) is 9.60. The van der Waals surface area contributed by atoms with Crippen LogP contribution < -0.4 is 9.30 Å². The van der Waals surface area contributed by atoms with E-state index in [0.29, 0.717) is 6.73 Å². The molecule has 0 saturated heterocycles. The molecule has 0 N–H and O–H groups in total.